The number of ether oxygens (including phenoxy) is 5. The Kier molecular flexibility index (Phi) is 7.64. The highest BCUT2D eigenvalue weighted by atomic mass is 32.1. The van der Waals surface area contributed by atoms with Gasteiger partial charge in [-0.1, -0.05) is 30.1 Å². The Morgan fingerprint density at radius 3 is 2.65 bits per heavy atom. The molecule has 0 spiro atoms. The first kappa shape index (κ1) is 28.1. The molecule has 2 aliphatic rings. The summed E-state index contributed by atoms with van der Waals surface area (Å²) >= 11 is 1.24. The molecular weight excluding hydrogens is 572 g/mol. The van der Waals surface area contributed by atoms with Crippen LogP contribution in [-0.4, -0.2) is 55.3 Å². The number of aliphatic hydroxyl groups excluding tert-OH is 1. The van der Waals surface area contributed by atoms with Crippen molar-refractivity contribution < 1.29 is 38.4 Å². The zero-order valence-corrected chi connectivity index (χ0v) is 24.3. The minimum atomic E-state index is -1.02. The van der Waals surface area contributed by atoms with Crippen LogP contribution in [0.1, 0.15) is 24.1 Å². The van der Waals surface area contributed by atoms with E-state index >= 15 is 0 Å². The molecule has 1 aromatic heterocycles. The Labute approximate surface area is 251 Å². The first-order valence-corrected chi connectivity index (χ1v) is 14.4. The molecule has 0 saturated carbocycles. The predicted molar refractivity (Wildman–Crippen MR) is 162 cm³/mol. The summed E-state index contributed by atoms with van der Waals surface area (Å²) in [6.45, 7) is 6.91. The average Bonchev–Trinajstić information content (AvgIpc) is 3.57. The summed E-state index contributed by atoms with van der Waals surface area (Å²) in [4.78, 5) is 33.5. The van der Waals surface area contributed by atoms with Gasteiger partial charge in [0.1, 0.15) is 31.3 Å². The molecule has 0 radical (unpaired) electrons. The van der Waals surface area contributed by atoms with Crippen molar-refractivity contribution in [2.75, 3.05) is 38.4 Å². The van der Waals surface area contributed by atoms with Crippen molar-refractivity contribution in [2.45, 2.75) is 13.0 Å². The Morgan fingerprint density at radius 2 is 1.88 bits per heavy atom. The number of aliphatic hydroxyl groups is 1. The van der Waals surface area contributed by atoms with Crippen LogP contribution in [0.5, 0.6) is 28.7 Å². The molecule has 1 N–H and O–H groups in total. The van der Waals surface area contributed by atoms with Crippen LogP contribution in [0.4, 0.5) is 5.13 Å². The number of methoxy groups -OCH3 is 1. The number of Topliss-reactive ketones (excluding diaryl/α,β-unsaturated/α-hetero) is 1. The van der Waals surface area contributed by atoms with Crippen LogP contribution in [-0.2, 0) is 9.59 Å². The fourth-order valence-corrected chi connectivity index (χ4v) is 6.07. The number of amides is 1. The number of ketones is 1. The topological polar surface area (TPSA) is 117 Å². The summed E-state index contributed by atoms with van der Waals surface area (Å²) in [5, 5.41) is 11.9. The molecular formula is C32H28N2O8S. The third-order valence-corrected chi connectivity index (χ3v) is 8.01. The molecule has 3 heterocycles. The molecule has 220 valence electrons. The van der Waals surface area contributed by atoms with E-state index in [-0.39, 0.29) is 17.9 Å². The third-order valence-electron chi connectivity index (χ3n) is 6.99. The average molecular weight is 601 g/mol. The van der Waals surface area contributed by atoms with Gasteiger partial charge >= 0.3 is 5.91 Å². The highest BCUT2D eigenvalue weighted by molar-refractivity contribution is 7.22. The molecule has 10 nitrogen and oxygen atoms in total. The van der Waals surface area contributed by atoms with Crippen LogP contribution < -0.4 is 28.6 Å². The van der Waals surface area contributed by atoms with Crippen LogP contribution >= 0.6 is 11.3 Å². The molecule has 11 heteroatoms. The summed E-state index contributed by atoms with van der Waals surface area (Å²) in [5.74, 6) is 0.470. The molecule has 0 aliphatic carbocycles. The summed E-state index contributed by atoms with van der Waals surface area (Å²) < 4.78 is 29.0. The van der Waals surface area contributed by atoms with Crippen LogP contribution in [0.15, 0.2) is 72.8 Å². The quantitative estimate of drug-likeness (QED) is 0.112. The second-order valence-corrected chi connectivity index (χ2v) is 10.6. The van der Waals surface area contributed by atoms with Crippen molar-refractivity contribution in [1.82, 2.24) is 4.98 Å². The molecule has 6 rings (SSSR count). The number of nitrogens with zero attached hydrogens (tertiary/aromatic N) is 2. The van der Waals surface area contributed by atoms with Crippen molar-refractivity contribution in [1.29, 1.82) is 0 Å². The zero-order valence-electron chi connectivity index (χ0n) is 23.5. The minimum absolute atomic E-state index is 0.0966. The second kappa shape index (κ2) is 11.7. The van der Waals surface area contributed by atoms with Crippen LogP contribution in [0.25, 0.3) is 16.0 Å². The van der Waals surface area contributed by atoms with Gasteiger partial charge in [0.15, 0.2) is 28.1 Å². The summed E-state index contributed by atoms with van der Waals surface area (Å²) in [6.07, 6.45) is 1.62. The molecule has 43 heavy (non-hydrogen) atoms. The molecule has 2 aliphatic heterocycles. The molecule has 1 saturated heterocycles. The molecule has 1 fully saturated rings. The van der Waals surface area contributed by atoms with Crippen molar-refractivity contribution in [3.05, 3.63) is 84.0 Å². The fraction of sp³-hybridized carbons (Fsp3) is 0.219. The van der Waals surface area contributed by atoms with Crippen LogP contribution in [0.3, 0.4) is 0 Å². The number of aromatic nitrogens is 1. The van der Waals surface area contributed by atoms with Crippen molar-refractivity contribution >= 4 is 44.1 Å². The first-order valence-electron chi connectivity index (χ1n) is 13.6. The van der Waals surface area contributed by atoms with E-state index in [4.69, 9.17) is 23.7 Å². The smallest absolute Gasteiger partial charge is 0.301 e. The van der Waals surface area contributed by atoms with E-state index in [1.54, 1.807) is 61.7 Å². The summed E-state index contributed by atoms with van der Waals surface area (Å²) in [7, 11) is 1.57. The molecule has 4 aromatic rings. The van der Waals surface area contributed by atoms with E-state index in [1.807, 2.05) is 13.0 Å². The van der Waals surface area contributed by atoms with E-state index in [2.05, 4.69) is 11.6 Å². The van der Waals surface area contributed by atoms with Gasteiger partial charge in [-0.2, -0.15) is 0 Å². The summed E-state index contributed by atoms with van der Waals surface area (Å²) in [6, 6.07) is 14.4. The van der Waals surface area contributed by atoms with Gasteiger partial charge in [-0.15, -0.1) is 0 Å². The lowest BCUT2D eigenvalue weighted by Gasteiger charge is -2.24. The van der Waals surface area contributed by atoms with Crippen LogP contribution in [0.2, 0.25) is 0 Å². The predicted octanol–water partition coefficient (Wildman–Crippen LogP) is 5.67. The zero-order chi connectivity index (χ0) is 30.1. The van der Waals surface area contributed by atoms with Crippen molar-refractivity contribution in [2.24, 2.45) is 0 Å². The maximum absolute atomic E-state index is 13.7. The minimum Gasteiger partial charge on any atom is -0.507 e. The number of carbonyl (C=O) groups excluding carboxylic acids is 2. The number of thiazole rings is 1. The van der Waals surface area contributed by atoms with Gasteiger partial charge in [-0.05, 0) is 61.0 Å². The Hall–Kier alpha value is -5.03. The normalized spacial score (nSPS) is 17.3. The van der Waals surface area contributed by atoms with E-state index < -0.39 is 17.7 Å². The molecule has 3 aromatic carbocycles. The maximum atomic E-state index is 13.7. The molecule has 0 bridgehead atoms. The molecule has 1 amide bonds. The van der Waals surface area contributed by atoms with Gasteiger partial charge in [0, 0.05) is 5.56 Å². The molecule has 1 unspecified atom stereocenters. The fourth-order valence-electron chi connectivity index (χ4n) is 5.05. The largest absolute Gasteiger partial charge is 0.507 e. The Morgan fingerprint density at radius 1 is 1.07 bits per heavy atom. The van der Waals surface area contributed by atoms with Gasteiger partial charge in [0.05, 0.1) is 35.5 Å². The van der Waals surface area contributed by atoms with Crippen molar-refractivity contribution in [3.8, 4) is 28.7 Å². The third kappa shape index (κ3) is 5.12. The number of carbonyl (C=O) groups is 2. The lowest BCUT2D eigenvalue weighted by Crippen LogP contribution is -2.29. The second-order valence-electron chi connectivity index (χ2n) is 9.60. The standard InChI is InChI=1S/C32H28N2O8S/c1-4-12-40-22-10-6-18(15-24(22)39-5-2)28-27(29(35)19-7-11-23-25(16-19)42-14-13-41-23)30(36)31(37)34(28)32-33-21-9-8-20(38-3)17-26(21)43-32/h4,6-11,15-17,28,35H,1,5,12-14H2,2-3H3/b29-27+. The number of benzene rings is 3. The van der Waals surface area contributed by atoms with Crippen LogP contribution in [0, 0.1) is 0 Å². The number of fused-ring (bicyclic) bond motifs is 2. The monoisotopic (exact) mass is 600 g/mol. The van der Waals surface area contributed by atoms with Crippen molar-refractivity contribution in [3.63, 3.8) is 0 Å². The number of hydrogen-bond acceptors (Lipinski definition) is 10. The van der Waals surface area contributed by atoms with Gasteiger partial charge < -0.3 is 28.8 Å². The number of rotatable bonds is 9. The number of anilines is 1. The SMILES string of the molecule is C=CCOc1ccc(C2/C(=C(\O)c3ccc4c(c3)OCCO4)C(=O)C(=O)N2c2nc3ccc(OC)cc3s2)cc1OCC. The summed E-state index contributed by atoms with van der Waals surface area (Å²) in [5.41, 5.74) is 1.36. The highest BCUT2D eigenvalue weighted by Crippen LogP contribution is 2.46. The molecule has 1 atom stereocenters. The van der Waals surface area contributed by atoms with E-state index in [0.29, 0.717) is 70.3 Å². The lowest BCUT2D eigenvalue weighted by molar-refractivity contribution is -0.132. The first-order chi connectivity index (χ1) is 20.9. The lowest BCUT2D eigenvalue weighted by atomic mass is 9.95. The Bertz CT molecular complexity index is 1780. The van der Waals surface area contributed by atoms with Gasteiger partial charge in [-0.25, -0.2) is 4.98 Å². The van der Waals surface area contributed by atoms with E-state index in [0.717, 1.165) is 4.70 Å². The maximum Gasteiger partial charge on any atom is 0.301 e. The Balaban J connectivity index is 1.53. The van der Waals surface area contributed by atoms with Gasteiger partial charge in [0.25, 0.3) is 5.78 Å². The highest BCUT2D eigenvalue weighted by Gasteiger charge is 2.48. The van der Waals surface area contributed by atoms with Gasteiger partial charge in [-0.3, -0.25) is 14.5 Å². The van der Waals surface area contributed by atoms with E-state index in [9.17, 15) is 14.7 Å². The van der Waals surface area contributed by atoms with Gasteiger partial charge in [0.2, 0.25) is 0 Å². The number of hydrogen-bond donors (Lipinski definition) is 1. The van der Waals surface area contributed by atoms with E-state index in [1.165, 1.54) is 16.2 Å².